The van der Waals surface area contributed by atoms with Crippen molar-refractivity contribution >= 4 is 29.7 Å². The molecule has 0 aromatic rings. The highest BCUT2D eigenvalue weighted by atomic mass is 32.2. The van der Waals surface area contributed by atoms with Crippen LogP contribution < -0.4 is 0 Å². The van der Waals surface area contributed by atoms with Crippen LogP contribution in [0.3, 0.4) is 0 Å². The van der Waals surface area contributed by atoms with E-state index in [4.69, 9.17) is 24.5 Å². The van der Waals surface area contributed by atoms with E-state index in [0.717, 1.165) is 0 Å². The van der Waals surface area contributed by atoms with Gasteiger partial charge in [-0.05, 0) is 11.3 Å². The number of ether oxygens (including phenoxy) is 4. The lowest BCUT2D eigenvalue weighted by Gasteiger charge is -2.44. The number of hydrogen-bond acceptors (Lipinski definition) is 9. The van der Waals surface area contributed by atoms with E-state index in [2.05, 4.69) is 10.0 Å². The second-order valence-electron chi connectivity index (χ2n) is 8.09. The molecule has 31 heavy (non-hydrogen) atoms. The van der Waals surface area contributed by atoms with Gasteiger partial charge in [0.1, 0.15) is 24.2 Å². The van der Waals surface area contributed by atoms with Gasteiger partial charge >= 0.3 is 17.9 Å². The second kappa shape index (κ2) is 12.8. The summed E-state index contributed by atoms with van der Waals surface area (Å²) in [6, 6.07) is -0.931. The largest absolute Gasteiger partial charge is 0.463 e. The number of rotatable bonds is 10. The molecule has 0 spiro atoms. The van der Waals surface area contributed by atoms with Crippen LogP contribution in [0.25, 0.3) is 10.4 Å². The minimum Gasteiger partial charge on any atom is -0.463 e. The molecule has 10 nitrogen and oxygen atoms in total. The monoisotopic (exact) mass is 459 g/mol. The fourth-order valence-electron chi connectivity index (χ4n) is 2.66. The molecule has 5 atom stereocenters. The van der Waals surface area contributed by atoms with Crippen LogP contribution in [-0.2, 0) is 33.3 Å². The molecule has 0 unspecified atom stereocenters. The van der Waals surface area contributed by atoms with Crippen molar-refractivity contribution < 1.29 is 33.3 Å². The van der Waals surface area contributed by atoms with Gasteiger partial charge in [0, 0.05) is 4.91 Å². The van der Waals surface area contributed by atoms with Crippen LogP contribution in [0, 0.1) is 17.8 Å². The molecule has 0 aromatic heterocycles. The number of esters is 3. The summed E-state index contributed by atoms with van der Waals surface area (Å²) < 4.78 is 22.7. The van der Waals surface area contributed by atoms with Crippen molar-refractivity contribution in [2.75, 3.05) is 12.4 Å². The van der Waals surface area contributed by atoms with Gasteiger partial charge in [0.15, 0.2) is 12.2 Å². The molecular weight excluding hydrogens is 426 g/mol. The van der Waals surface area contributed by atoms with Gasteiger partial charge in [-0.3, -0.25) is 14.4 Å². The minimum absolute atomic E-state index is 0.202. The third-order valence-electron chi connectivity index (χ3n) is 4.44. The molecule has 11 heteroatoms. The summed E-state index contributed by atoms with van der Waals surface area (Å²) >= 11 is 1.35. The van der Waals surface area contributed by atoms with Crippen molar-refractivity contribution in [2.24, 2.45) is 22.9 Å². The molecule has 0 bridgehead atoms. The molecule has 1 aliphatic heterocycles. The Morgan fingerprint density at radius 2 is 1.48 bits per heavy atom. The predicted molar refractivity (Wildman–Crippen MR) is 115 cm³/mol. The summed E-state index contributed by atoms with van der Waals surface area (Å²) in [5.41, 5.74) is 8.42. The number of nitrogens with zero attached hydrogens (tertiary/aromatic N) is 3. The van der Waals surface area contributed by atoms with E-state index in [9.17, 15) is 14.4 Å². The molecule has 1 rings (SSSR count). The maximum Gasteiger partial charge on any atom is 0.308 e. The SMILES string of the molecule is CCS[C@@H]1O[C@H](COC(=O)C(C)C)[C@H](OC(=O)C(C)C)[C@H](OC(=O)C(C)C)[C@H]1N=[N+]=[N-]. The highest BCUT2D eigenvalue weighted by Crippen LogP contribution is 2.35. The van der Waals surface area contributed by atoms with Crippen LogP contribution in [0.2, 0.25) is 0 Å². The summed E-state index contributed by atoms with van der Waals surface area (Å²) in [4.78, 5) is 39.7. The molecule has 0 aliphatic carbocycles. The van der Waals surface area contributed by atoms with Crippen molar-refractivity contribution in [2.45, 2.75) is 78.3 Å². The van der Waals surface area contributed by atoms with Crippen molar-refractivity contribution in [1.29, 1.82) is 0 Å². The third kappa shape index (κ3) is 7.90. The smallest absolute Gasteiger partial charge is 0.308 e. The molecule has 1 fully saturated rings. The Bertz CT molecular complexity index is 680. The first-order chi connectivity index (χ1) is 14.5. The van der Waals surface area contributed by atoms with Gasteiger partial charge in [-0.25, -0.2) is 0 Å². The fourth-order valence-corrected chi connectivity index (χ4v) is 3.61. The maximum absolute atomic E-state index is 12.4. The molecule has 0 N–H and O–H groups in total. The Balaban J connectivity index is 3.35. The van der Waals surface area contributed by atoms with E-state index in [-0.39, 0.29) is 12.5 Å². The van der Waals surface area contributed by atoms with Crippen molar-refractivity contribution in [1.82, 2.24) is 0 Å². The van der Waals surface area contributed by atoms with Crippen molar-refractivity contribution in [3.05, 3.63) is 10.4 Å². The lowest BCUT2D eigenvalue weighted by Crippen LogP contribution is -2.60. The van der Waals surface area contributed by atoms with E-state index in [1.807, 2.05) is 6.92 Å². The number of azide groups is 1. The Morgan fingerprint density at radius 3 is 1.94 bits per heavy atom. The van der Waals surface area contributed by atoms with Gasteiger partial charge in [-0.1, -0.05) is 53.6 Å². The second-order valence-corrected chi connectivity index (χ2v) is 9.47. The normalized spacial score (nSPS) is 25.8. The van der Waals surface area contributed by atoms with Crippen LogP contribution in [-0.4, -0.2) is 60.1 Å². The van der Waals surface area contributed by atoms with Crippen molar-refractivity contribution in [3.63, 3.8) is 0 Å². The highest BCUT2D eigenvalue weighted by molar-refractivity contribution is 7.99. The van der Waals surface area contributed by atoms with E-state index >= 15 is 0 Å². The summed E-state index contributed by atoms with van der Waals surface area (Å²) in [5.74, 6) is -2.15. The number of thioether (sulfide) groups is 1. The molecule has 1 aliphatic rings. The first-order valence-electron chi connectivity index (χ1n) is 10.4. The molecule has 0 radical (unpaired) electrons. The van der Waals surface area contributed by atoms with Crippen LogP contribution in [0.5, 0.6) is 0 Å². The summed E-state index contributed by atoms with van der Waals surface area (Å²) in [6.07, 6.45) is -3.10. The summed E-state index contributed by atoms with van der Waals surface area (Å²) in [5, 5.41) is 3.80. The quantitative estimate of drug-likeness (QED) is 0.159. The Kier molecular flexibility index (Phi) is 11.2. The van der Waals surface area contributed by atoms with E-state index in [0.29, 0.717) is 5.75 Å². The standard InChI is InChI=1S/C20H33N3O7S/c1-8-31-20-14(22-23-21)16(30-19(26)12(6)7)15(29-18(25)11(4)5)13(28-20)9-27-17(24)10(2)3/h10-16,20H,8-9H2,1-7H3/t13-,14-,15+,16-,20+/m1/s1. The van der Waals surface area contributed by atoms with E-state index < -0.39 is 59.5 Å². The lowest BCUT2D eigenvalue weighted by atomic mass is 9.97. The van der Waals surface area contributed by atoms with Gasteiger partial charge in [0.2, 0.25) is 0 Å². The van der Waals surface area contributed by atoms with Gasteiger partial charge in [-0.2, -0.15) is 0 Å². The molecular formula is C20H33N3O7S. The van der Waals surface area contributed by atoms with E-state index in [1.165, 1.54) is 11.8 Å². The fraction of sp³-hybridized carbons (Fsp3) is 0.850. The molecule has 0 saturated carbocycles. The molecule has 1 saturated heterocycles. The molecule has 1 heterocycles. The summed E-state index contributed by atoms with van der Waals surface area (Å²) in [7, 11) is 0. The predicted octanol–water partition coefficient (Wildman–Crippen LogP) is 3.48. The molecule has 0 amide bonds. The number of carbonyl (C=O) groups is 3. The minimum atomic E-state index is -1.11. The van der Waals surface area contributed by atoms with Crippen LogP contribution in [0.1, 0.15) is 48.5 Å². The van der Waals surface area contributed by atoms with Gasteiger partial charge in [-0.15, -0.1) is 11.8 Å². The van der Waals surface area contributed by atoms with E-state index in [1.54, 1.807) is 41.5 Å². The first-order valence-corrected chi connectivity index (χ1v) is 11.5. The third-order valence-corrected chi connectivity index (χ3v) is 5.49. The Hall–Kier alpha value is -1.97. The van der Waals surface area contributed by atoms with Crippen molar-refractivity contribution in [3.8, 4) is 0 Å². The average molecular weight is 460 g/mol. The van der Waals surface area contributed by atoms with Crippen LogP contribution in [0.4, 0.5) is 0 Å². The van der Waals surface area contributed by atoms with Gasteiger partial charge in [0.05, 0.1) is 17.8 Å². The highest BCUT2D eigenvalue weighted by Gasteiger charge is 2.50. The maximum atomic E-state index is 12.4. The zero-order chi connectivity index (χ0) is 23.7. The van der Waals surface area contributed by atoms with Crippen LogP contribution in [0.15, 0.2) is 5.11 Å². The summed E-state index contributed by atoms with van der Waals surface area (Å²) in [6.45, 7) is 11.7. The van der Waals surface area contributed by atoms with Crippen LogP contribution >= 0.6 is 11.8 Å². The molecule has 0 aromatic carbocycles. The average Bonchev–Trinajstić information content (AvgIpc) is 2.70. The lowest BCUT2D eigenvalue weighted by molar-refractivity contribution is -0.214. The number of hydrogen-bond donors (Lipinski definition) is 0. The first kappa shape index (κ1) is 27.1. The zero-order valence-corrected chi connectivity index (χ0v) is 20.0. The van der Waals surface area contributed by atoms with Gasteiger partial charge in [0.25, 0.3) is 0 Å². The zero-order valence-electron chi connectivity index (χ0n) is 19.1. The van der Waals surface area contributed by atoms with Gasteiger partial charge < -0.3 is 18.9 Å². The molecule has 176 valence electrons. The number of carbonyl (C=O) groups excluding carboxylic acids is 3. The Morgan fingerprint density at radius 1 is 0.968 bits per heavy atom. The Labute approximate surface area is 187 Å². The topological polar surface area (TPSA) is 137 Å².